The number of aromatic amines is 1. The fourth-order valence-corrected chi connectivity index (χ4v) is 24.2. The minimum atomic E-state index is -1.65. The normalized spacial score (nSPS) is 26.0. The van der Waals surface area contributed by atoms with Crippen LogP contribution >= 0.6 is 58.8 Å². The molecule has 4 saturated carbocycles. The number of hydrogen-bond acceptors (Lipinski definition) is 18. The van der Waals surface area contributed by atoms with E-state index in [0.29, 0.717) is 37.0 Å². The van der Waals surface area contributed by atoms with Crippen LogP contribution in [0.15, 0.2) is 91.1 Å². The van der Waals surface area contributed by atoms with Crippen molar-refractivity contribution in [2.75, 3.05) is 37.9 Å². The number of nitrogens with one attached hydrogen (secondary N) is 6. The number of aliphatic hydroxyl groups is 3. The van der Waals surface area contributed by atoms with Crippen LogP contribution in [-0.4, -0.2) is 169 Å². The summed E-state index contributed by atoms with van der Waals surface area (Å²) in [4.78, 5) is 122. The summed E-state index contributed by atoms with van der Waals surface area (Å²) in [6.45, 7) is 27.7. The molecule has 5 fully saturated rings. The van der Waals surface area contributed by atoms with E-state index < -0.39 is 161 Å². The summed E-state index contributed by atoms with van der Waals surface area (Å²) in [5.74, 6) is 9.15. The molecule has 6 aliphatic carbocycles. The Bertz CT molecular complexity index is 4430. The van der Waals surface area contributed by atoms with Gasteiger partial charge in [0.05, 0.1) is 41.9 Å². The molecule has 12 atom stereocenters. The first-order valence-corrected chi connectivity index (χ1v) is 65.1. The van der Waals surface area contributed by atoms with Crippen molar-refractivity contribution in [3.05, 3.63) is 149 Å². The van der Waals surface area contributed by atoms with Crippen LogP contribution in [0.25, 0.3) is 10.9 Å². The molecule has 1 saturated heterocycles. The van der Waals surface area contributed by atoms with E-state index in [-0.39, 0.29) is 98.6 Å². The maximum atomic E-state index is 15.4. The number of ketones is 3. The topological polar surface area (TPSA) is 348 Å². The Morgan fingerprint density at radius 1 is 0.558 bits per heavy atom. The van der Waals surface area contributed by atoms with E-state index in [0.717, 1.165) is 178 Å². The third-order valence-electron chi connectivity index (χ3n) is 32.4. The molecule has 23 nitrogen and oxygen atoms in total. The number of ether oxygens (including phenoxy) is 2. The number of para-hydroxylation sites is 1. The average molecular weight is 2230 g/mol. The van der Waals surface area contributed by atoms with Crippen molar-refractivity contribution < 1.29 is 97.2 Å². The van der Waals surface area contributed by atoms with Gasteiger partial charge in [-0.2, -0.15) is 0 Å². The van der Waals surface area contributed by atoms with E-state index in [1.165, 1.54) is 136 Å². The molecule has 3 heterocycles. The van der Waals surface area contributed by atoms with Crippen molar-refractivity contribution in [1.29, 1.82) is 0 Å². The second kappa shape index (κ2) is 76.8. The third-order valence-corrected chi connectivity index (χ3v) is 34.8. The van der Waals surface area contributed by atoms with Gasteiger partial charge in [-0.3, -0.25) is 38.4 Å². The Morgan fingerprint density at radius 3 is 1.62 bits per heavy atom. The van der Waals surface area contributed by atoms with Crippen LogP contribution in [0.1, 0.15) is 329 Å². The van der Waals surface area contributed by atoms with E-state index in [2.05, 4.69) is 123 Å². The van der Waals surface area contributed by atoms with Gasteiger partial charge in [-0.1, -0.05) is 303 Å². The Labute approximate surface area is 927 Å². The Morgan fingerprint density at radius 2 is 1.06 bits per heavy atom. The molecular formula is C116H186Cl4N10O13S2Ti2-4. The molecule has 5 amide bonds. The SMILES string of the molecule is C1#CC(OCCCCCCC2CCCC2)CCCCC1.CC(O)C(CO)CC(=O)C1CSSCC(CC(=O)C(Cc2ccccc2)NC(=O)Cn2nnc3c2CCCCCC3OCCCCCCC2CCCC2)C(=O)NC(Cc2ccccc2)C(=O)CC(Cc2c[nH]c3ccccc23)C(=O)NC(CCCCN)C(=O)NC(C(C)O)C(=O)N1.CC1C(C)C(C)C(C)C1C.CC1C(C)C(C)C(C)C1C.[CH3-].[CH3-].[CH3-].[CH3-].[Cl][Ti][Cl].[Cl][Ti][Cl]. The van der Waals surface area contributed by atoms with E-state index in [1.54, 1.807) is 23.0 Å². The predicted octanol–water partition coefficient (Wildman–Crippen LogP) is 23.6. The Balaban J connectivity index is 0.000000901. The Kier molecular flexibility index (Phi) is 71.3. The van der Waals surface area contributed by atoms with E-state index in [1.807, 2.05) is 72.8 Å². The first-order valence-electron chi connectivity index (χ1n) is 54.1. The van der Waals surface area contributed by atoms with Crippen LogP contribution in [0.2, 0.25) is 0 Å². The number of nitrogens with zero attached hydrogens (tertiary/aromatic N) is 3. The molecule has 147 heavy (non-hydrogen) atoms. The molecule has 12 unspecified atom stereocenters. The fraction of sp³-hybridized carbons (Fsp3) is 0.690. The van der Waals surface area contributed by atoms with Gasteiger partial charge in [0.2, 0.25) is 29.5 Å². The van der Waals surface area contributed by atoms with Crippen LogP contribution in [0.3, 0.4) is 0 Å². The summed E-state index contributed by atoms with van der Waals surface area (Å²) in [5.41, 5.74) is 10.4. The number of amides is 5. The molecule has 830 valence electrons. The zero-order valence-corrected chi connectivity index (χ0v) is 99.6. The summed E-state index contributed by atoms with van der Waals surface area (Å²) >= 11 is -1.11. The number of benzene rings is 3. The number of H-pyrrole nitrogens is 1. The quantitative estimate of drug-likeness (QED) is 0.00577. The molecule has 5 aromatic rings. The van der Waals surface area contributed by atoms with Crippen LogP contribution in [0.5, 0.6) is 0 Å². The number of halogens is 4. The molecule has 3 aromatic carbocycles. The van der Waals surface area contributed by atoms with Crippen molar-refractivity contribution in [3.63, 3.8) is 0 Å². The molecule has 0 radical (unpaired) electrons. The first-order chi connectivity index (χ1) is 68.9. The number of aromatic nitrogens is 4. The Hall–Kier alpha value is -4.69. The molecule has 31 heteroatoms. The number of carbonyl (C=O) groups excluding carboxylic acids is 8. The number of rotatable bonds is 38. The van der Waals surface area contributed by atoms with Gasteiger partial charge in [-0.15, -0.1) is 11.0 Å². The molecule has 11 N–H and O–H groups in total. The first kappa shape index (κ1) is 136. The summed E-state index contributed by atoms with van der Waals surface area (Å²) in [6, 6.07) is 19.0. The number of nitrogens with two attached hydrogens (primary N) is 1. The monoisotopic (exact) mass is 2230 g/mol. The van der Waals surface area contributed by atoms with Gasteiger partial charge in [0, 0.05) is 85.9 Å². The number of carbonyl (C=O) groups is 8. The standard InChI is InChI=1S/C73H102N10O12S2.C19H32O.2C10H20.4CH3.4ClH.2Ti/c1-47(85)54(44-84)40-65(89)61-46-97-96-45-55(41-64(88)59(36-50-25-9-5-10-26-50)76-67(90)43-83-62-32-13-7-14-33-66(69(62)81-82-83)95-35-21-4-3-8-22-49-23-15-16-24-49)71(92)78-60(37-51-27-11-6-12-28-51)63(87)39-52(38-53-42-75-57-30-18-17-29-56(53)57)70(91)77-58(31-19-20-34-74)72(93)80-68(48(2)86)73(94)79-61;1-2-7-15-19(16-8-3-1)20-17-11-5-4-6-12-18-13-9-10-14-18;2*1-6-7(2)9(4)10(5)8(6)3;;;;;;;;;;/h5-6,9-12,17-18,25-30,42,47-49,52,54-55,58-61,66,68,75,84-86H,3-4,7-8,13-16,19-24,31-41,43-46,74H2,1-2H3,(H,76,90)(H,77,91)(H,78,92)(H,79,94)(H,80,93);18-19H,1-7,9-15,17H2;2*6-10H,1-5H3;4*1H3;4*1H;;/q;;;;4*-1;;;;;2*+2/p-4. The number of hydrogen-bond donors (Lipinski definition) is 10. The van der Waals surface area contributed by atoms with Gasteiger partial charge >= 0.3 is 71.3 Å². The average Bonchev–Trinajstić information content (AvgIpc) is 1.67. The number of Topliss-reactive ketones (excluding diaryl/α,β-unsaturated/α-hetero) is 3. The van der Waals surface area contributed by atoms with E-state index in [4.69, 9.17) is 52.4 Å². The van der Waals surface area contributed by atoms with Gasteiger partial charge in [-0.25, -0.2) is 4.68 Å². The third kappa shape index (κ3) is 48.3. The van der Waals surface area contributed by atoms with Crippen molar-refractivity contribution in [2.45, 2.75) is 382 Å². The van der Waals surface area contributed by atoms with Crippen molar-refractivity contribution in [1.82, 2.24) is 46.6 Å². The van der Waals surface area contributed by atoms with Crippen LogP contribution < -0.4 is 32.3 Å². The van der Waals surface area contributed by atoms with Gasteiger partial charge < -0.3 is 91.8 Å². The molecule has 2 aromatic heterocycles. The number of unbranched alkanes of at least 4 members (excludes halogenated alkanes) is 7. The fourth-order valence-electron chi connectivity index (χ4n) is 21.7. The van der Waals surface area contributed by atoms with Crippen LogP contribution in [0.4, 0.5) is 0 Å². The van der Waals surface area contributed by atoms with Gasteiger partial charge in [0.25, 0.3) is 0 Å². The molecule has 1 aliphatic heterocycles. The maximum absolute atomic E-state index is 15.4. The van der Waals surface area contributed by atoms with Gasteiger partial charge in [0.1, 0.15) is 36.5 Å². The second-order valence-corrected chi connectivity index (χ2v) is 49.9. The summed E-state index contributed by atoms with van der Waals surface area (Å²) in [6.07, 6.45) is 33.3. The van der Waals surface area contributed by atoms with Crippen molar-refractivity contribution in [3.8, 4) is 11.8 Å². The van der Waals surface area contributed by atoms with Gasteiger partial charge in [0.15, 0.2) is 17.3 Å². The molecular weight excluding hydrogens is 2040 g/mol. The zero-order valence-electron chi connectivity index (χ0n) is 91.8. The molecule has 0 bridgehead atoms. The van der Waals surface area contributed by atoms with Crippen molar-refractivity contribution >= 4 is 117 Å². The minimum absolute atomic E-state index is 0. The van der Waals surface area contributed by atoms with E-state index in [9.17, 15) is 34.5 Å². The van der Waals surface area contributed by atoms with E-state index >= 15 is 19.2 Å². The van der Waals surface area contributed by atoms with Crippen LogP contribution in [-0.2, 0) is 114 Å². The summed E-state index contributed by atoms with van der Waals surface area (Å²) in [7, 11) is 21.8. The van der Waals surface area contributed by atoms with Crippen molar-refractivity contribution in [2.24, 2.45) is 94.5 Å². The van der Waals surface area contributed by atoms with Gasteiger partial charge in [-0.05, 0) is 204 Å². The summed E-state index contributed by atoms with van der Waals surface area (Å²) in [5, 5.41) is 56.0. The zero-order chi connectivity index (χ0) is 104. The molecule has 0 spiro atoms. The van der Waals surface area contributed by atoms with Crippen LogP contribution in [0, 0.1) is 130 Å². The molecule has 7 aliphatic rings. The molecule has 12 rings (SSSR count). The number of aliphatic hydroxyl groups excluding tert-OH is 3. The predicted molar refractivity (Wildman–Crippen MR) is 602 cm³/mol. The second-order valence-electron chi connectivity index (χ2n) is 42.2. The summed E-state index contributed by atoms with van der Waals surface area (Å²) < 4.78 is 14.1. The number of fused-ring (bicyclic) bond motifs is 2.